The molecule has 1 aliphatic rings. The van der Waals surface area contributed by atoms with Gasteiger partial charge in [0.1, 0.15) is 10.7 Å². The molecule has 0 spiro atoms. The number of carbonyl (C=O) groups is 1. The molecule has 1 saturated heterocycles. The molecule has 1 N–H and O–H groups in total. The van der Waals surface area contributed by atoms with Crippen LogP contribution in [0.1, 0.15) is 23.3 Å². The van der Waals surface area contributed by atoms with Crippen molar-refractivity contribution in [1.82, 2.24) is 15.2 Å². The van der Waals surface area contributed by atoms with Crippen molar-refractivity contribution >= 4 is 44.5 Å². The number of thiazole rings is 1. The van der Waals surface area contributed by atoms with Gasteiger partial charge >= 0.3 is 0 Å². The van der Waals surface area contributed by atoms with Crippen LogP contribution in [0.3, 0.4) is 0 Å². The second-order valence-corrected chi connectivity index (χ2v) is 7.73. The minimum Gasteiger partial charge on any atom is -0.336 e. The fourth-order valence-electron chi connectivity index (χ4n) is 2.47. The number of hydrogen-bond acceptors (Lipinski definition) is 5. The predicted molar refractivity (Wildman–Crippen MR) is 91.1 cm³/mol. The summed E-state index contributed by atoms with van der Waals surface area (Å²) < 4.78 is 1.05. The molecule has 0 radical (unpaired) electrons. The van der Waals surface area contributed by atoms with Crippen LogP contribution in [0.25, 0.3) is 9.88 Å². The van der Waals surface area contributed by atoms with Gasteiger partial charge in [-0.2, -0.15) is 0 Å². The van der Waals surface area contributed by atoms with E-state index in [1.807, 2.05) is 28.8 Å². The molecule has 1 fully saturated rings. The van der Waals surface area contributed by atoms with Gasteiger partial charge in [0.05, 0.1) is 4.88 Å². The second-order valence-electron chi connectivity index (χ2n) is 5.05. The first-order valence-electron chi connectivity index (χ1n) is 6.84. The number of likely N-dealkylation sites (tertiary alicyclic amines) is 1. The second kappa shape index (κ2) is 6.56. The lowest BCUT2D eigenvalue weighted by molar-refractivity contribution is 0.0693. The highest BCUT2D eigenvalue weighted by Crippen LogP contribution is 2.32. The number of hydrogen-bond donors (Lipinski definition) is 1. The molecular formula is C14H16BrN3OS2. The van der Waals surface area contributed by atoms with Crippen LogP contribution in [0.5, 0.6) is 0 Å². The highest BCUT2D eigenvalue weighted by atomic mass is 79.9. The van der Waals surface area contributed by atoms with Gasteiger partial charge in [0, 0.05) is 34.4 Å². The molecular weight excluding hydrogens is 370 g/mol. The van der Waals surface area contributed by atoms with Crippen molar-refractivity contribution in [3.8, 4) is 9.88 Å². The molecule has 0 aliphatic carbocycles. The summed E-state index contributed by atoms with van der Waals surface area (Å²) in [6.45, 7) is 1.60. The number of likely N-dealkylation sites (N-methyl/N-ethyl adjacent to an activating group) is 1. The van der Waals surface area contributed by atoms with E-state index < -0.39 is 0 Å². The van der Waals surface area contributed by atoms with Crippen molar-refractivity contribution in [2.45, 2.75) is 18.9 Å². The minimum atomic E-state index is 0.0491. The predicted octanol–water partition coefficient (Wildman–Crippen LogP) is 3.46. The van der Waals surface area contributed by atoms with E-state index in [-0.39, 0.29) is 5.91 Å². The third kappa shape index (κ3) is 3.36. The maximum Gasteiger partial charge on any atom is 0.273 e. The molecule has 4 nitrogen and oxygen atoms in total. The molecule has 112 valence electrons. The largest absolute Gasteiger partial charge is 0.336 e. The zero-order valence-corrected chi connectivity index (χ0v) is 14.9. The number of halogens is 1. The summed E-state index contributed by atoms with van der Waals surface area (Å²) in [5.74, 6) is 0.0491. The first kappa shape index (κ1) is 15.1. The van der Waals surface area contributed by atoms with E-state index in [1.165, 1.54) is 11.3 Å². The molecule has 2 aromatic heterocycles. The summed E-state index contributed by atoms with van der Waals surface area (Å²) in [4.78, 5) is 20.1. The van der Waals surface area contributed by atoms with Crippen molar-refractivity contribution in [1.29, 1.82) is 0 Å². The Bertz CT molecular complexity index is 640. The molecule has 1 amide bonds. The Hall–Kier alpha value is -0.760. The van der Waals surface area contributed by atoms with Gasteiger partial charge in [-0.05, 0) is 41.9 Å². The summed E-state index contributed by atoms with van der Waals surface area (Å²) in [7, 11) is 1.95. The van der Waals surface area contributed by atoms with E-state index in [9.17, 15) is 4.79 Å². The van der Waals surface area contributed by atoms with Crippen LogP contribution in [0, 0.1) is 0 Å². The summed E-state index contributed by atoms with van der Waals surface area (Å²) in [6, 6.07) is 2.43. The fraction of sp³-hybridized carbons (Fsp3) is 0.429. The summed E-state index contributed by atoms with van der Waals surface area (Å²) in [5, 5.41) is 8.07. The number of thiophene rings is 1. The summed E-state index contributed by atoms with van der Waals surface area (Å²) >= 11 is 6.61. The first-order chi connectivity index (χ1) is 10.2. The Morgan fingerprint density at radius 1 is 1.48 bits per heavy atom. The minimum absolute atomic E-state index is 0.0491. The lowest BCUT2D eigenvalue weighted by atomic mass is 10.1. The number of rotatable bonds is 3. The number of nitrogens with one attached hydrogen (secondary N) is 1. The molecule has 7 heteroatoms. The topological polar surface area (TPSA) is 45.2 Å². The molecule has 0 bridgehead atoms. The Kier molecular flexibility index (Phi) is 4.73. The van der Waals surface area contributed by atoms with E-state index in [0.29, 0.717) is 11.7 Å². The smallest absolute Gasteiger partial charge is 0.273 e. The quantitative estimate of drug-likeness (QED) is 0.879. The van der Waals surface area contributed by atoms with E-state index >= 15 is 0 Å². The molecule has 3 rings (SSSR count). The third-order valence-corrected chi connectivity index (χ3v) is 6.32. The monoisotopic (exact) mass is 385 g/mol. The van der Waals surface area contributed by atoms with Gasteiger partial charge in [-0.3, -0.25) is 4.79 Å². The SMILES string of the molecule is CNC1CCCN(C(=O)c2csc(-c3cc(Br)cs3)n2)C1. The van der Waals surface area contributed by atoms with Gasteiger partial charge in [0.2, 0.25) is 0 Å². The van der Waals surface area contributed by atoms with E-state index in [1.54, 1.807) is 11.3 Å². The Balaban J connectivity index is 1.75. The van der Waals surface area contributed by atoms with Gasteiger partial charge in [0.15, 0.2) is 0 Å². The molecule has 0 saturated carbocycles. The third-order valence-electron chi connectivity index (χ3n) is 3.62. The van der Waals surface area contributed by atoms with Crippen molar-refractivity contribution in [3.05, 3.63) is 27.0 Å². The van der Waals surface area contributed by atoms with Crippen LogP contribution in [0.15, 0.2) is 21.3 Å². The standard InChI is InChI=1S/C14H16BrN3OS2/c1-16-10-3-2-4-18(6-10)14(19)11-8-21-13(17-11)12-5-9(15)7-20-12/h5,7-8,10,16H,2-4,6H2,1H3. The fourth-order valence-corrected chi connectivity index (χ4v) is 4.77. The van der Waals surface area contributed by atoms with E-state index in [0.717, 1.165) is 40.3 Å². The number of aromatic nitrogens is 1. The van der Waals surface area contributed by atoms with E-state index in [2.05, 4.69) is 26.2 Å². The molecule has 1 atom stereocenters. The van der Waals surface area contributed by atoms with Gasteiger partial charge in [-0.1, -0.05) is 0 Å². The molecule has 21 heavy (non-hydrogen) atoms. The average Bonchev–Trinajstić information content (AvgIpc) is 3.15. The first-order valence-corrected chi connectivity index (χ1v) is 9.39. The highest BCUT2D eigenvalue weighted by Gasteiger charge is 2.25. The maximum absolute atomic E-state index is 12.5. The molecule has 2 aromatic rings. The number of amides is 1. The summed E-state index contributed by atoms with van der Waals surface area (Å²) in [5.41, 5.74) is 0.566. The van der Waals surface area contributed by atoms with Crippen molar-refractivity contribution in [3.63, 3.8) is 0 Å². The molecule has 1 unspecified atom stereocenters. The van der Waals surface area contributed by atoms with Gasteiger partial charge in [-0.25, -0.2) is 4.98 Å². The van der Waals surface area contributed by atoms with Gasteiger partial charge in [0.25, 0.3) is 5.91 Å². The molecule has 0 aromatic carbocycles. The number of piperidine rings is 1. The van der Waals surface area contributed by atoms with Crippen LogP contribution < -0.4 is 5.32 Å². The Morgan fingerprint density at radius 3 is 3.05 bits per heavy atom. The van der Waals surface area contributed by atoms with Crippen LogP contribution in [-0.2, 0) is 0 Å². The zero-order chi connectivity index (χ0) is 14.8. The van der Waals surface area contributed by atoms with Crippen LogP contribution in [0.2, 0.25) is 0 Å². The van der Waals surface area contributed by atoms with Crippen molar-refractivity contribution in [2.75, 3.05) is 20.1 Å². The van der Waals surface area contributed by atoms with Gasteiger partial charge < -0.3 is 10.2 Å². The van der Waals surface area contributed by atoms with Crippen LogP contribution in [0.4, 0.5) is 0 Å². The van der Waals surface area contributed by atoms with Crippen molar-refractivity contribution < 1.29 is 4.79 Å². The van der Waals surface area contributed by atoms with Crippen molar-refractivity contribution in [2.24, 2.45) is 0 Å². The van der Waals surface area contributed by atoms with E-state index in [4.69, 9.17) is 0 Å². The number of nitrogens with zero attached hydrogens (tertiary/aromatic N) is 2. The van der Waals surface area contributed by atoms with Gasteiger partial charge in [-0.15, -0.1) is 22.7 Å². The summed E-state index contributed by atoms with van der Waals surface area (Å²) in [6.07, 6.45) is 2.18. The zero-order valence-electron chi connectivity index (χ0n) is 11.6. The Labute approximate surface area is 140 Å². The highest BCUT2D eigenvalue weighted by molar-refractivity contribution is 9.10. The average molecular weight is 386 g/mol. The number of carbonyl (C=O) groups excluding carboxylic acids is 1. The van der Waals surface area contributed by atoms with Crippen LogP contribution >= 0.6 is 38.6 Å². The van der Waals surface area contributed by atoms with Crippen LogP contribution in [-0.4, -0.2) is 42.0 Å². The molecule has 3 heterocycles. The Morgan fingerprint density at radius 2 is 2.33 bits per heavy atom. The molecule has 1 aliphatic heterocycles. The normalized spacial score (nSPS) is 19.0. The lowest BCUT2D eigenvalue weighted by Gasteiger charge is -2.32. The maximum atomic E-state index is 12.5. The lowest BCUT2D eigenvalue weighted by Crippen LogP contribution is -2.47.